The van der Waals surface area contributed by atoms with Crippen LogP contribution in [0.4, 0.5) is 5.69 Å². The standard InChI is InChI=1S/C21H23NO2.BrH/c1-2-6-14-11-15-9-10-18(23)21-19(24)13-22(12-17(14)20(15)21)16-7-4-3-5-8-16;/h2-5,7-8,13-15,23-24H,1,6,9-12H2;1H/t14-,15+;/m1./s1. The molecule has 0 aromatic heterocycles. The second-order valence-electron chi connectivity index (χ2n) is 6.93. The third-order valence-electron chi connectivity index (χ3n) is 5.52. The molecule has 0 radical (unpaired) electrons. The zero-order valence-electron chi connectivity index (χ0n) is 14.2. The molecule has 0 saturated heterocycles. The first kappa shape index (κ1) is 17.9. The fourth-order valence-corrected chi connectivity index (χ4v) is 4.47. The van der Waals surface area contributed by atoms with Crippen LogP contribution in [0.15, 0.2) is 77.4 Å². The largest absolute Gasteiger partial charge is 0.512 e. The van der Waals surface area contributed by atoms with Gasteiger partial charge in [0.15, 0.2) is 0 Å². The Morgan fingerprint density at radius 3 is 2.68 bits per heavy atom. The third-order valence-corrected chi connectivity index (χ3v) is 5.52. The lowest BCUT2D eigenvalue weighted by atomic mass is 9.83. The van der Waals surface area contributed by atoms with E-state index in [9.17, 15) is 10.2 Å². The molecule has 3 nitrogen and oxygen atoms in total. The third kappa shape index (κ3) is 3.04. The predicted octanol–water partition coefficient (Wildman–Crippen LogP) is 5.60. The molecule has 0 fully saturated rings. The van der Waals surface area contributed by atoms with Crippen LogP contribution in [-0.4, -0.2) is 16.8 Å². The van der Waals surface area contributed by atoms with Crippen molar-refractivity contribution >= 4 is 22.7 Å². The lowest BCUT2D eigenvalue weighted by Crippen LogP contribution is -2.21. The molecule has 132 valence electrons. The van der Waals surface area contributed by atoms with Gasteiger partial charge in [-0.25, -0.2) is 0 Å². The number of aliphatic hydroxyl groups is 2. The molecular formula is C21H24BrNO2. The SMILES string of the molecule is Br.C=CC[C@@H]1C[C@@H]2CCC(O)=C3C(O)=CN(c4ccccc4)CC1=C32. The summed E-state index contributed by atoms with van der Waals surface area (Å²) in [7, 11) is 0. The minimum Gasteiger partial charge on any atom is -0.512 e. The molecule has 0 bridgehead atoms. The number of anilines is 1. The van der Waals surface area contributed by atoms with Gasteiger partial charge in [0.25, 0.3) is 0 Å². The number of nitrogens with zero attached hydrogens (tertiary/aromatic N) is 1. The summed E-state index contributed by atoms with van der Waals surface area (Å²) in [6, 6.07) is 10.1. The highest BCUT2D eigenvalue weighted by molar-refractivity contribution is 8.93. The van der Waals surface area contributed by atoms with Crippen molar-refractivity contribution < 1.29 is 10.2 Å². The van der Waals surface area contributed by atoms with E-state index in [2.05, 4.69) is 11.5 Å². The summed E-state index contributed by atoms with van der Waals surface area (Å²) in [6.45, 7) is 4.68. The molecule has 0 amide bonds. The van der Waals surface area contributed by atoms with E-state index in [1.807, 2.05) is 36.4 Å². The molecule has 2 atom stereocenters. The normalized spacial score (nSPS) is 25.1. The monoisotopic (exact) mass is 401 g/mol. The van der Waals surface area contributed by atoms with E-state index in [0.717, 1.165) is 31.5 Å². The zero-order valence-corrected chi connectivity index (χ0v) is 15.9. The minimum atomic E-state index is 0. The summed E-state index contributed by atoms with van der Waals surface area (Å²) < 4.78 is 0. The van der Waals surface area contributed by atoms with Gasteiger partial charge < -0.3 is 15.1 Å². The van der Waals surface area contributed by atoms with E-state index < -0.39 is 0 Å². The molecule has 1 heterocycles. The average molecular weight is 402 g/mol. The maximum absolute atomic E-state index is 10.7. The highest BCUT2D eigenvalue weighted by Crippen LogP contribution is 2.51. The molecule has 4 heteroatoms. The summed E-state index contributed by atoms with van der Waals surface area (Å²) >= 11 is 0. The van der Waals surface area contributed by atoms with Gasteiger partial charge in [0.2, 0.25) is 0 Å². The summed E-state index contributed by atoms with van der Waals surface area (Å²) in [6.07, 6.45) is 7.44. The molecule has 2 N–H and O–H groups in total. The second kappa shape index (κ2) is 7.12. The van der Waals surface area contributed by atoms with Gasteiger partial charge in [0.1, 0.15) is 11.5 Å². The smallest absolute Gasteiger partial charge is 0.142 e. The van der Waals surface area contributed by atoms with Gasteiger partial charge in [0.05, 0.1) is 5.57 Å². The fourth-order valence-electron chi connectivity index (χ4n) is 4.47. The quantitative estimate of drug-likeness (QED) is 0.647. The van der Waals surface area contributed by atoms with E-state index >= 15 is 0 Å². The van der Waals surface area contributed by atoms with Crippen LogP contribution in [-0.2, 0) is 0 Å². The van der Waals surface area contributed by atoms with Crippen molar-refractivity contribution in [3.63, 3.8) is 0 Å². The van der Waals surface area contributed by atoms with Crippen molar-refractivity contribution in [3.05, 3.63) is 77.4 Å². The Morgan fingerprint density at radius 2 is 1.96 bits per heavy atom. The van der Waals surface area contributed by atoms with Crippen LogP contribution < -0.4 is 4.90 Å². The number of aliphatic hydroxyl groups excluding tert-OH is 2. The van der Waals surface area contributed by atoms with Crippen molar-refractivity contribution in [2.75, 3.05) is 11.4 Å². The van der Waals surface area contributed by atoms with E-state index in [1.165, 1.54) is 11.1 Å². The lowest BCUT2D eigenvalue weighted by Gasteiger charge is -2.24. The van der Waals surface area contributed by atoms with Crippen LogP contribution in [0.3, 0.4) is 0 Å². The van der Waals surface area contributed by atoms with E-state index in [1.54, 1.807) is 6.20 Å². The number of para-hydroxylation sites is 1. The van der Waals surface area contributed by atoms with E-state index in [-0.39, 0.29) is 22.7 Å². The molecule has 0 spiro atoms. The molecule has 0 unspecified atom stereocenters. The zero-order chi connectivity index (χ0) is 16.7. The molecular weight excluding hydrogens is 378 g/mol. The number of hydrogen-bond donors (Lipinski definition) is 2. The van der Waals surface area contributed by atoms with E-state index in [0.29, 0.717) is 29.6 Å². The minimum absolute atomic E-state index is 0. The molecule has 2 aliphatic carbocycles. The van der Waals surface area contributed by atoms with Gasteiger partial charge in [-0.2, -0.15) is 0 Å². The average Bonchev–Trinajstić information content (AvgIpc) is 2.83. The number of halogens is 1. The first-order valence-corrected chi connectivity index (χ1v) is 8.68. The summed E-state index contributed by atoms with van der Waals surface area (Å²) in [5, 5.41) is 21.2. The van der Waals surface area contributed by atoms with Crippen LogP contribution in [0.25, 0.3) is 0 Å². The molecule has 3 aliphatic rings. The highest BCUT2D eigenvalue weighted by atomic mass is 79.9. The predicted molar refractivity (Wildman–Crippen MR) is 107 cm³/mol. The van der Waals surface area contributed by atoms with Gasteiger partial charge >= 0.3 is 0 Å². The Morgan fingerprint density at radius 1 is 1.20 bits per heavy atom. The Bertz CT molecular complexity index is 763. The Hall–Kier alpha value is -1.94. The van der Waals surface area contributed by atoms with Crippen LogP contribution in [0.1, 0.15) is 25.7 Å². The molecule has 0 saturated carbocycles. The summed E-state index contributed by atoms with van der Waals surface area (Å²) in [5.74, 6) is 1.42. The number of hydrogen-bond acceptors (Lipinski definition) is 3. The number of allylic oxidation sites excluding steroid dienone is 3. The lowest BCUT2D eigenvalue weighted by molar-refractivity contribution is 0.330. The Kier molecular flexibility index (Phi) is 5.09. The van der Waals surface area contributed by atoms with Crippen LogP contribution in [0, 0.1) is 11.8 Å². The maximum Gasteiger partial charge on any atom is 0.142 e. The van der Waals surface area contributed by atoms with Crippen LogP contribution in [0.5, 0.6) is 0 Å². The van der Waals surface area contributed by atoms with Gasteiger partial charge in [0, 0.05) is 24.9 Å². The molecule has 4 rings (SSSR count). The van der Waals surface area contributed by atoms with Crippen molar-refractivity contribution in [2.24, 2.45) is 11.8 Å². The number of benzene rings is 1. The van der Waals surface area contributed by atoms with Gasteiger partial charge in [-0.1, -0.05) is 24.3 Å². The van der Waals surface area contributed by atoms with Crippen molar-refractivity contribution in [2.45, 2.75) is 25.7 Å². The molecule has 1 aliphatic heterocycles. The molecule has 25 heavy (non-hydrogen) atoms. The Balaban J connectivity index is 0.00000182. The maximum atomic E-state index is 10.7. The summed E-state index contributed by atoms with van der Waals surface area (Å²) in [4.78, 5) is 2.09. The molecule has 1 aromatic carbocycles. The second-order valence-corrected chi connectivity index (χ2v) is 6.93. The fraction of sp³-hybridized carbons (Fsp3) is 0.333. The van der Waals surface area contributed by atoms with Crippen LogP contribution in [0.2, 0.25) is 0 Å². The topological polar surface area (TPSA) is 43.7 Å². The van der Waals surface area contributed by atoms with Gasteiger partial charge in [-0.15, -0.1) is 23.6 Å². The van der Waals surface area contributed by atoms with Gasteiger partial charge in [-0.05, 0) is 54.4 Å². The van der Waals surface area contributed by atoms with Crippen molar-refractivity contribution in [1.29, 1.82) is 0 Å². The van der Waals surface area contributed by atoms with Crippen molar-refractivity contribution in [3.8, 4) is 0 Å². The first-order valence-electron chi connectivity index (χ1n) is 8.68. The highest BCUT2D eigenvalue weighted by Gasteiger charge is 2.41. The first-order chi connectivity index (χ1) is 11.7. The van der Waals surface area contributed by atoms with Crippen LogP contribution >= 0.6 is 17.0 Å². The summed E-state index contributed by atoms with van der Waals surface area (Å²) in [5.41, 5.74) is 4.28. The molecule has 1 aromatic rings. The number of rotatable bonds is 3. The van der Waals surface area contributed by atoms with Crippen molar-refractivity contribution in [1.82, 2.24) is 0 Å². The Labute approximate surface area is 159 Å². The van der Waals surface area contributed by atoms with E-state index in [4.69, 9.17) is 0 Å². The van der Waals surface area contributed by atoms with Gasteiger partial charge in [-0.3, -0.25) is 0 Å².